The van der Waals surface area contributed by atoms with Gasteiger partial charge in [-0.2, -0.15) is 0 Å². The molecule has 24 heavy (non-hydrogen) atoms. The second-order valence-corrected chi connectivity index (χ2v) is 7.28. The fourth-order valence-electron chi connectivity index (χ4n) is 2.34. The van der Waals surface area contributed by atoms with E-state index < -0.39 is 10.0 Å². The van der Waals surface area contributed by atoms with Crippen LogP contribution in [0.25, 0.3) is 0 Å². The van der Waals surface area contributed by atoms with Crippen LogP contribution < -0.4 is 9.62 Å². The highest BCUT2D eigenvalue weighted by molar-refractivity contribution is 7.89. The van der Waals surface area contributed by atoms with Crippen molar-refractivity contribution in [2.45, 2.75) is 25.7 Å². The number of anilines is 1. The van der Waals surface area contributed by atoms with Crippen LogP contribution in [0.1, 0.15) is 18.4 Å². The van der Waals surface area contributed by atoms with Gasteiger partial charge in [-0.05, 0) is 26.0 Å². The van der Waals surface area contributed by atoms with Crippen LogP contribution in [-0.2, 0) is 14.8 Å². The maximum Gasteiger partial charge on any atom is 0.246 e. The van der Waals surface area contributed by atoms with Crippen LogP contribution in [0.5, 0.6) is 0 Å². The van der Waals surface area contributed by atoms with E-state index in [1.54, 1.807) is 31.2 Å². The Labute approximate surface area is 145 Å². The number of halogens is 1. The first kappa shape index (κ1) is 18.4. The minimum atomic E-state index is -3.77. The zero-order chi connectivity index (χ0) is 17.9. The van der Waals surface area contributed by atoms with Crippen molar-refractivity contribution in [3.05, 3.63) is 40.7 Å². The van der Waals surface area contributed by atoms with Gasteiger partial charge in [0, 0.05) is 20.0 Å². The van der Waals surface area contributed by atoms with Gasteiger partial charge in [-0.3, -0.25) is 4.79 Å². The molecule has 0 radical (unpaired) electrons. The highest BCUT2D eigenvalue weighted by Crippen LogP contribution is 2.25. The van der Waals surface area contributed by atoms with Gasteiger partial charge in [0.1, 0.15) is 10.6 Å². The van der Waals surface area contributed by atoms with E-state index in [0.29, 0.717) is 10.7 Å². The number of nitrogens with one attached hydrogen (secondary N) is 1. The standard InChI is InChI=1S/C15H18ClN3O4S/c1-10-15(11(2)23-18-10)24(21,22)17-8-9-19(12(3)20)14-7-5-4-6-13(14)16/h4-7,17H,8-9H2,1-3H3. The van der Waals surface area contributed by atoms with E-state index in [1.807, 2.05) is 0 Å². The first-order valence-corrected chi connectivity index (χ1v) is 9.05. The van der Waals surface area contributed by atoms with Crippen LogP contribution in [0.2, 0.25) is 5.02 Å². The van der Waals surface area contributed by atoms with Gasteiger partial charge in [0.25, 0.3) is 0 Å². The Hall–Kier alpha value is -1.90. The van der Waals surface area contributed by atoms with Gasteiger partial charge >= 0.3 is 0 Å². The first-order chi connectivity index (χ1) is 11.2. The molecule has 1 aromatic carbocycles. The van der Waals surface area contributed by atoms with Crippen molar-refractivity contribution in [3.8, 4) is 0 Å². The molecule has 7 nitrogen and oxygen atoms in total. The molecule has 0 aliphatic carbocycles. The van der Waals surface area contributed by atoms with E-state index in [0.717, 1.165) is 0 Å². The fraction of sp³-hybridized carbons (Fsp3) is 0.333. The van der Waals surface area contributed by atoms with Crippen molar-refractivity contribution in [1.82, 2.24) is 9.88 Å². The van der Waals surface area contributed by atoms with E-state index in [9.17, 15) is 13.2 Å². The quantitative estimate of drug-likeness (QED) is 0.840. The zero-order valence-electron chi connectivity index (χ0n) is 13.5. The molecule has 2 aromatic rings. The molecule has 0 spiro atoms. The number of aryl methyl sites for hydroxylation is 2. The SMILES string of the molecule is CC(=O)N(CCNS(=O)(=O)c1c(C)noc1C)c1ccccc1Cl. The maximum absolute atomic E-state index is 12.3. The molecule has 1 N–H and O–H groups in total. The fourth-order valence-corrected chi connectivity index (χ4v) is 3.92. The van der Waals surface area contributed by atoms with E-state index >= 15 is 0 Å². The highest BCUT2D eigenvalue weighted by atomic mass is 35.5. The average molecular weight is 372 g/mol. The Morgan fingerprint density at radius 3 is 2.54 bits per heavy atom. The highest BCUT2D eigenvalue weighted by Gasteiger charge is 2.24. The van der Waals surface area contributed by atoms with Crippen LogP contribution in [0.4, 0.5) is 5.69 Å². The molecule has 1 aromatic heterocycles. The smallest absolute Gasteiger partial charge is 0.246 e. The zero-order valence-corrected chi connectivity index (χ0v) is 15.1. The number of hydrogen-bond acceptors (Lipinski definition) is 5. The monoisotopic (exact) mass is 371 g/mol. The summed E-state index contributed by atoms with van der Waals surface area (Å²) in [5.41, 5.74) is 0.817. The van der Waals surface area contributed by atoms with Crippen LogP contribution in [0, 0.1) is 13.8 Å². The maximum atomic E-state index is 12.3. The summed E-state index contributed by atoms with van der Waals surface area (Å²) in [7, 11) is -3.77. The molecule has 0 aliphatic rings. The largest absolute Gasteiger partial charge is 0.360 e. The first-order valence-electron chi connectivity index (χ1n) is 7.19. The molecule has 9 heteroatoms. The van der Waals surface area contributed by atoms with Crippen molar-refractivity contribution in [3.63, 3.8) is 0 Å². The molecular weight excluding hydrogens is 354 g/mol. The number of amides is 1. The van der Waals surface area contributed by atoms with Gasteiger partial charge in [0.2, 0.25) is 15.9 Å². The van der Waals surface area contributed by atoms with Gasteiger partial charge in [-0.15, -0.1) is 0 Å². The number of carbonyl (C=O) groups excluding carboxylic acids is 1. The molecule has 130 valence electrons. The van der Waals surface area contributed by atoms with E-state index in [2.05, 4.69) is 9.88 Å². The summed E-state index contributed by atoms with van der Waals surface area (Å²) < 4.78 is 32.0. The Morgan fingerprint density at radius 1 is 1.33 bits per heavy atom. The third-order valence-electron chi connectivity index (χ3n) is 3.39. The van der Waals surface area contributed by atoms with E-state index in [1.165, 1.54) is 18.7 Å². The number of hydrogen-bond donors (Lipinski definition) is 1. The number of rotatable bonds is 6. The molecular formula is C15H18ClN3O4S. The number of carbonyl (C=O) groups is 1. The lowest BCUT2D eigenvalue weighted by molar-refractivity contribution is -0.116. The van der Waals surface area contributed by atoms with Gasteiger partial charge in [0.15, 0.2) is 5.76 Å². The molecule has 1 heterocycles. The van der Waals surface area contributed by atoms with Gasteiger partial charge in [0.05, 0.1) is 10.7 Å². The molecule has 0 bridgehead atoms. The molecule has 0 fully saturated rings. The lowest BCUT2D eigenvalue weighted by Gasteiger charge is -2.22. The summed E-state index contributed by atoms with van der Waals surface area (Å²) in [5.74, 6) is -0.0193. The van der Waals surface area contributed by atoms with Crippen LogP contribution in [0.3, 0.4) is 0 Å². The minimum Gasteiger partial charge on any atom is -0.360 e. The number of nitrogens with zero attached hydrogens (tertiary/aromatic N) is 2. The molecule has 2 rings (SSSR count). The molecule has 0 aliphatic heterocycles. The Morgan fingerprint density at radius 2 is 2.00 bits per heavy atom. The second kappa shape index (κ2) is 7.33. The van der Waals surface area contributed by atoms with E-state index in [-0.39, 0.29) is 35.3 Å². The molecule has 0 saturated heterocycles. The summed E-state index contributed by atoms with van der Waals surface area (Å²) in [6.07, 6.45) is 0. The number of aromatic nitrogens is 1. The van der Waals surface area contributed by atoms with Crippen LogP contribution in [-0.4, -0.2) is 32.6 Å². The van der Waals surface area contributed by atoms with Gasteiger partial charge in [-0.1, -0.05) is 28.9 Å². The Bertz CT molecular complexity index is 829. The number of sulfonamides is 1. The van der Waals surface area contributed by atoms with E-state index in [4.69, 9.17) is 16.1 Å². The topological polar surface area (TPSA) is 92.5 Å². The number of para-hydroxylation sites is 1. The van der Waals surface area contributed by atoms with Crippen molar-refractivity contribution in [2.75, 3.05) is 18.0 Å². The lowest BCUT2D eigenvalue weighted by Crippen LogP contribution is -2.37. The van der Waals surface area contributed by atoms with Crippen LogP contribution in [0.15, 0.2) is 33.7 Å². The minimum absolute atomic E-state index is 0.0228. The molecule has 1 amide bonds. The predicted molar refractivity (Wildman–Crippen MR) is 90.6 cm³/mol. The van der Waals surface area contributed by atoms with Crippen molar-refractivity contribution in [1.29, 1.82) is 0 Å². The molecule has 0 atom stereocenters. The van der Waals surface area contributed by atoms with Crippen molar-refractivity contribution < 1.29 is 17.7 Å². The third-order valence-corrected chi connectivity index (χ3v) is 5.41. The summed E-state index contributed by atoms with van der Waals surface area (Å²) in [4.78, 5) is 13.3. The average Bonchev–Trinajstić information content (AvgIpc) is 2.84. The van der Waals surface area contributed by atoms with Crippen molar-refractivity contribution in [2.24, 2.45) is 0 Å². The third kappa shape index (κ3) is 3.95. The predicted octanol–water partition coefficient (Wildman–Crippen LogP) is 2.28. The molecule has 0 saturated carbocycles. The molecule has 0 unspecified atom stereocenters. The number of benzene rings is 1. The summed E-state index contributed by atoms with van der Waals surface area (Å²) in [6, 6.07) is 6.88. The second-order valence-electron chi connectivity index (χ2n) is 5.17. The lowest BCUT2D eigenvalue weighted by atomic mass is 10.3. The van der Waals surface area contributed by atoms with Gasteiger partial charge in [-0.25, -0.2) is 13.1 Å². The summed E-state index contributed by atoms with van der Waals surface area (Å²) in [5, 5.41) is 4.05. The van der Waals surface area contributed by atoms with Crippen LogP contribution >= 0.6 is 11.6 Å². The summed E-state index contributed by atoms with van der Waals surface area (Å²) >= 11 is 6.10. The summed E-state index contributed by atoms with van der Waals surface area (Å²) in [6.45, 7) is 4.64. The van der Waals surface area contributed by atoms with Crippen molar-refractivity contribution >= 4 is 33.2 Å². The Kier molecular flexibility index (Phi) is 5.63. The normalized spacial score (nSPS) is 11.5. The Balaban J connectivity index is 2.12. The van der Waals surface area contributed by atoms with Gasteiger partial charge < -0.3 is 9.42 Å².